The Balaban J connectivity index is 1.91. The van der Waals surface area contributed by atoms with Crippen LogP contribution in [0.2, 0.25) is 0 Å². The maximum atomic E-state index is 13.0. The Morgan fingerprint density at radius 1 is 1.28 bits per heavy atom. The fourth-order valence-corrected chi connectivity index (χ4v) is 3.54. The number of nitrogens with zero attached hydrogens (tertiary/aromatic N) is 1. The number of carbonyl (C=O) groups excluding carboxylic acids is 2. The average molecular weight is 345 g/mol. The normalized spacial score (nSPS) is 18.4. The molecular weight excluding hydrogens is 314 g/mol. The lowest BCUT2D eigenvalue weighted by molar-refractivity contribution is -0.138. The van der Waals surface area contributed by atoms with Crippen LogP contribution in [0, 0.1) is 5.92 Å². The van der Waals surface area contributed by atoms with E-state index in [4.69, 9.17) is 5.73 Å². The van der Waals surface area contributed by atoms with Crippen LogP contribution >= 0.6 is 0 Å². The highest BCUT2D eigenvalue weighted by Crippen LogP contribution is 2.24. The van der Waals surface area contributed by atoms with Gasteiger partial charge in [0, 0.05) is 12.6 Å². The van der Waals surface area contributed by atoms with Crippen LogP contribution in [-0.2, 0) is 16.0 Å². The van der Waals surface area contributed by atoms with Crippen molar-refractivity contribution in [2.45, 2.75) is 58.0 Å². The van der Waals surface area contributed by atoms with Crippen LogP contribution in [0.15, 0.2) is 30.3 Å². The molecule has 1 heterocycles. The monoisotopic (exact) mass is 345 g/mol. The summed E-state index contributed by atoms with van der Waals surface area (Å²) in [6.45, 7) is 4.62. The van der Waals surface area contributed by atoms with Crippen molar-refractivity contribution in [2.24, 2.45) is 11.7 Å². The second-order valence-electron chi connectivity index (χ2n) is 7.20. The van der Waals surface area contributed by atoms with E-state index in [1.165, 1.54) is 5.56 Å². The van der Waals surface area contributed by atoms with Gasteiger partial charge in [-0.05, 0) is 43.6 Å². The van der Waals surface area contributed by atoms with Crippen molar-refractivity contribution < 1.29 is 9.59 Å². The van der Waals surface area contributed by atoms with Crippen LogP contribution in [0.4, 0.5) is 0 Å². The van der Waals surface area contributed by atoms with Crippen LogP contribution in [0.3, 0.4) is 0 Å². The zero-order valence-corrected chi connectivity index (χ0v) is 15.4. The van der Waals surface area contributed by atoms with Gasteiger partial charge in [0.05, 0.1) is 6.54 Å². The molecule has 1 aromatic rings. The highest BCUT2D eigenvalue weighted by atomic mass is 16.2. The highest BCUT2D eigenvalue weighted by Gasteiger charge is 2.34. The molecule has 1 fully saturated rings. The van der Waals surface area contributed by atoms with E-state index in [1.807, 2.05) is 24.8 Å². The summed E-state index contributed by atoms with van der Waals surface area (Å²) in [5.74, 6) is -0.181. The number of carbonyl (C=O) groups is 2. The molecule has 1 aliphatic rings. The van der Waals surface area contributed by atoms with Gasteiger partial charge in [0.25, 0.3) is 0 Å². The molecule has 1 saturated heterocycles. The topological polar surface area (TPSA) is 75.4 Å². The Kier molecular flexibility index (Phi) is 7.44. The van der Waals surface area contributed by atoms with Crippen LogP contribution in [0.1, 0.15) is 45.1 Å². The Bertz CT molecular complexity index is 559. The highest BCUT2D eigenvalue weighted by molar-refractivity contribution is 5.88. The van der Waals surface area contributed by atoms with Crippen LogP contribution in [0.25, 0.3) is 0 Å². The number of aryl methyl sites for hydroxylation is 1. The van der Waals surface area contributed by atoms with Crippen molar-refractivity contribution in [3.8, 4) is 0 Å². The van der Waals surface area contributed by atoms with Gasteiger partial charge in [0.1, 0.15) is 6.04 Å². The van der Waals surface area contributed by atoms with Crippen LogP contribution < -0.4 is 11.1 Å². The molecule has 2 amide bonds. The third-order valence-electron chi connectivity index (χ3n) is 4.94. The van der Waals surface area contributed by atoms with Crippen LogP contribution in [-0.4, -0.2) is 41.9 Å². The first-order chi connectivity index (χ1) is 12.0. The first-order valence-corrected chi connectivity index (χ1v) is 9.36. The van der Waals surface area contributed by atoms with E-state index in [0.29, 0.717) is 0 Å². The number of likely N-dealkylation sites (tertiary alicyclic amines) is 1. The van der Waals surface area contributed by atoms with Gasteiger partial charge in [-0.2, -0.15) is 0 Å². The fraction of sp³-hybridized carbons (Fsp3) is 0.600. The van der Waals surface area contributed by atoms with Crippen molar-refractivity contribution in [3.05, 3.63) is 35.9 Å². The number of amides is 2. The number of benzene rings is 1. The molecule has 3 N–H and O–H groups in total. The van der Waals surface area contributed by atoms with E-state index in [-0.39, 0.29) is 30.3 Å². The lowest BCUT2D eigenvalue weighted by Gasteiger charge is -2.31. The van der Waals surface area contributed by atoms with Crippen molar-refractivity contribution in [1.82, 2.24) is 10.2 Å². The second-order valence-corrected chi connectivity index (χ2v) is 7.20. The molecule has 138 valence electrons. The first kappa shape index (κ1) is 19.4. The molecule has 0 unspecified atom stereocenters. The van der Waals surface area contributed by atoms with Crippen molar-refractivity contribution >= 4 is 11.8 Å². The molecule has 0 aliphatic carbocycles. The zero-order valence-electron chi connectivity index (χ0n) is 15.4. The summed E-state index contributed by atoms with van der Waals surface area (Å²) in [6, 6.07) is 10.3. The quantitative estimate of drug-likeness (QED) is 0.757. The first-order valence-electron chi connectivity index (χ1n) is 9.36. The predicted octanol–water partition coefficient (Wildman–Crippen LogP) is 2.10. The molecule has 1 aliphatic heterocycles. The van der Waals surface area contributed by atoms with Crippen molar-refractivity contribution in [3.63, 3.8) is 0 Å². The largest absolute Gasteiger partial charge is 0.343 e. The summed E-state index contributed by atoms with van der Waals surface area (Å²) < 4.78 is 0. The summed E-state index contributed by atoms with van der Waals surface area (Å²) in [4.78, 5) is 26.6. The molecule has 0 bridgehead atoms. The van der Waals surface area contributed by atoms with Gasteiger partial charge in [-0.25, -0.2) is 0 Å². The van der Waals surface area contributed by atoms with E-state index < -0.39 is 6.04 Å². The standard InChI is InChI=1S/C20H31N3O2/c1-15(2)19(22-18(24)14-21)20(25)23-13-7-12-17(23)11-6-10-16-8-4-3-5-9-16/h3-5,8-9,15,17,19H,6-7,10-14,21H2,1-2H3,(H,22,24)/t17-,19+/m1/s1. The molecule has 5 nitrogen and oxygen atoms in total. The summed E-state index contributed by atoms with van der Waals surface area (Å²) in [5.41, 5.74) is 6.73. The molecule has 0 aromatic heterocycles. The van der Waals surface area contributed by atoms with E-state index >= 15 is 0 Å². The Hall–Kier alpha value is -1.88. The SMILES string of the molecule is CC(C)[C@H](NC(=O)CN)C(=O)N1CCC[C@H]1CCCc1ccccc1. The zero-order chi connectivity index (χ0) is 18.2. The Morgan fingerprint density at radius 2 is 2.00 bits per heavy atom. The molecule has 0 radical (unpaired) electrons. The number of hydrogen-bond acceptors (Lipinski definition) is 3. The summed E-state index contributed by atoms with van der Waals surface area (Å²) >= 11 is 0. The minimum absolute atomic E-state index is 0.0408. The number of hydrogen-bond donors (Lipinski definition) is 2. The molecule has 2 atom stereocenters. The van der Waals surface area contributed by atoms with Crippen molar-refractivity contribution in [1.29, 1.82) is 0 Å². The van der Waals surface area contributed by atoms with Gasteiger partial charge in [-0.15, -0.1) is 0 Å². The van der Waals surface area contributed by atoms with Crippen molar-refractivity contribution in [2.75, 3.05) is 13.1 Å². The lowest BCUT2D eigenvalue weighted by Crippen LogP contribution is -2.53. The van der Waals surface area contributed by atoms with Gasteiger partial charge in [-0.3, -0.25) is 9.59 Å². The molecule has 1 aromatic carbocycles. The average Bonchev–Trinajstić information content (AvgIpc) is 3.08. The number of rotatable bonds is 8. The van der Waals surface area contributed by atoms with Crippen LogP contribution in [0.5, 0.6) is 0 Å². The molecule has 0 spiro atoms. The third-order valence-corrected chi connectivity index (χ3v) is 4.94. The maximum absolute atomic E-state index is 13.0. The van der Waals surface area contributed by atoms with E-state index in [1.54, 1.807) is 0 Å². The Morgan fingerprint density at radius 3 is 2.64 bits per heavy atom. The van der Waals surface area contributed by atoms with Gasteiger partial charge in [0.15, 0.2) is 0 Å². The molecular formula is C20H31N3O2. The van der Waals surface area contributed by atoms with E-state index in [9.17, 15) is 9.59 Å². The summed E-state index contributed by atoms with van der Waals surface area (Å²) in [7, 11) is 0. The fourth-order valence-electron chi connectivity index (χ4n) is 3.54. The van der Waals surface area contributed by atoms with E-state index in [2.05, 4.69) is 29.6 Å². The van der Waals surface area contributed by atoms with E-state index in [0.717, 1.165) is 38.6 Å². The molecule has 5 heteroatoms. The molecule has 2 rings (SSSR count). The minimum atomic E-state index is -0.481. The number of nitrogens with one attached hydrogen (secondary N) is 1. The summed E-state index contributed by atoms with van der Waals surface area (Å²) in [5, 5.41) is 2.79. The molecule has 25 heavy (non-hydrogen) atoms. The molecule has 0 saturated carbocycles. The minimum Gasteiger partial charge on any atom is -0.343 e. The van der Waals surface area contributed by atoms with Gasteiger partial charge < -0.3 is 16.0 Å². The Labute approximate surface area is 151 Å². The second kappa shape index (κ2) is 9.56. The van der Waals surface area contributed by atoms with Gasteiger partial charge >= 0.3 is 0 Å². The predicted molar refractivity (Wildman–Crippen MR) is 99.9 cm³/mol. The smallest absolute Gasteiger partial charge is 0.245 e. The number of nitrogens with two attached hydrogens (primary N) is 1. The van der Waals surface area contributed by atoms with Gasteiger partial charge in [0.2, 0.25) is 11.8 Å². The third kappa shape index (κ3) is 5.56. The lowest BCUT2D eigenvalue weighted by atomic mass is 10.00. The summed E-state index contributed by atoms with van der Waals surface area (Å²) in [6.07, 6.45) is 5.21. The van der Waals surface area contributed by atoms with Gasteiger partial charge in [-0.1, -0.05) is 44.2 Å². The maximum Gasteiger partial charge on any atom is 0.245 e.